The summed E-state index contributed by atoms with van der Waals surface area (Å²) in [6.45, 7) is -0.0125. The third-order valence-electron chi connectivity index (χ3n) is 6.54. The van der Waals surface area contributed by atoms with Gasteiger partial charge in [-0.2, -0.15) is 0 Å². The predicted molar refractivity (Wildman–Crippen MR) is 155 cm³/mol. The molecule has 8 nitrogen and oxygen atoms in total. The maximum absolute atomic E-state index is 12.1. The highest BCUT2D eigenvalue weighted by Crippen LogP contribution is 2.40. The van der Waals surface area contributed by atoms with Crippen molar-refractivity contribution in [3.63, 3.8) is 0 Å². The lowest BCUT2D eigenvalue weighted by Gasteiger charge is -2.36. The fraction of sp³-hybridized carbons (Fsp3) is 0.300. The van der Waals surface area contributed by atoms with Crippen LogP contribution in [0.5, 0.6) is 0 Å². The van der Waals surface area contributed by atoms with Crippen molar-refractivity contribution in [2.45, 2.75) is 55.1 Å². The number of thioether (sulfide) groups is 1. The van der Waals surface area contributed by atoms with Gasteiger partial charge in [0.2, 0.25) is 5.91 Å². The van der Waals surface area contributed by atoms with E-state index in [9.17, 15) is 14.7 Å². The first-order valence-electron chi connectivity index (χ1n) is 13.1. The Morgan fingerprint density at radius 1 is 0.975 bits per heavy atom. The third-order valence-corrected chi connectivity index (χ3v) is 8.85. The summed E-state index contributed by atoms with van der Waals surface area (Å²) in [6.07, 6.45) is 0.196. The Balaban J connectivity index is 1.27. The fourth-order valence-corrected chi connectivity index (χ4v) is 6.56. The van der Waals surface area contributed by atoms with E-state index in [4.69, 9.17) is 19.6 Å². The van der Waals surface area contributed by atoms with Crippen LogP contribution in [0.2, 0.25) is 0 Å². The van der Waals surface area contributed by atoms with Gasteiger partial charge < -0.3 is 25.0 Å². The normalized spacial score (nSPS) is 19.0. The number of anilines is 1. The molecule has 1 amide bonds. The number of aliphatic hydroxyl groups excluding tert-OH is 1. The van der Waals surface area contributed by atoms with E-state index in [1.165, 1.54) is 0 Å². The van der Waals surface area contributed by atoms with Crippen LogP contribution < -0.4 is 5.32 Å². The number of nitrogens with zero attached hydrogens (tertiary/aromatic N) is 1. The lowest BCUT2D eigenvalue weighted by Crippen LogP contribution is -2.31. The third kappa shape index (κ3) is 7.47. The SMILES string of the molecule is O=C(O)CCCC(=O)Nc1ccc(C2OC(CSc3nc4ccccc4s3)CC(c3ccc(CO)cc3)O2)cc1. The highest BCUT2D eigenvalue weighted by molar-refractivity contribution is 8.01. The van der Waals surface area contributed by atoms with Crippen molar-refractivity contribution >= 4 is 50.9 Å². The molecule has 5 rings (SSSR count). The van der Waals surface area contributed by atoms with Crippen LogP contribution in [-0.4, -0.2) is 38.9 Å². The summed E-state index contributed by atoms with van der Waals surface area (Å²) < 4.78 is 15.0. The summed E-state index contributed by atoms with van der Waals surface area (Å²) in [5.41, 5.74) is 4.31. The van der Waals surface area contributed by atoms with Gasteiger partial charge >= 0.3 is 5.97 Å². The summed E-state index contributed by atoms with van der Waals surface area (Å²) in [5.74, 6) is -0.420. The molecule has 0 aliphatic carbocycles. The molecule has 208 valence electrons. The molecule has 0 radical (unpaired) electrons. The number of aromatic nitrogens is 1. The van der Waals surface area contributed by atoms with Gasteiger partial charge in [0.1, 0.15) is 0 Å². The second-order valence-electron chi connectivity index (χ2n) is 9.53. The molecule has 0 saturated carbocycles. The molecule has 40 heavy (non-hydrogen) atoms. The largest absolute Gasteiger partial charge is 0.481 e. The van der Waals surface area contributed by atoms with Gasteiger partial charge in [-0.25, -0.2) is 4.98 Å². The summed E-state index contributed by atoms with van der Waals surface area (Å²) in [4.78, 5) is 27.6. The first-order chi connectivity index (χ1) is 19.5. The predicted octanol–water partition coefficient (Wildman–Crippen LogP) is 6.32. The second kappa shape index (κ2) is 13.4. The van der Waals surface area contributed by atoms with E-state index in [2.05, 4.69) is 11.4 Å². The minimum atomic E-state index is -0.913. The molecule has 3 unspecified atom stereocenters. The number of fused-ring (bicyclic) bond motifs is 1. The lowest BCUT2D eigenvalue weighted by atomic mass is 10.0. The summed E-state index contributed by atoms with van der Waals surface area (Å²) >= 11 is 3.35. The highest BCUT2D eigenvalue weighted by Gasteiger charge is 2.32. The number of carboxylic acid groups (broad SMARTS) is 1. The quantitative estimate of drug-likeness (QED) is 0.177. The summed E-state index contributed by atoms with van der Waals surface area (Å²) in [5, 5.41) is 21.0. The average Bonchev–Trinajstić information content (AvgIpc) is 3.39. The number of thiazole rings is 1. The van der Waals surface area contributed by atoms with Gasteiger partial charge in [-0.1, -0.05) is 60.3 Å². The van der Waals surface area contributed by atoms with E-state index in [0.29, 0.717) is 18.5 Å². The van der Waals surface area contributed by atoms with Gasteiger partial charge in [-0.3, -0.25) is 9.59 Å². The van der Waals surface area contributed by atoms with Crippen LogP contribution in [0.15, 0.2) is 77.1 Å². The number of aliphatic carboxylic acids is 1. The topological polar surface area (TPSA) is 118 Å². The van der Waals surface area contributed by atoms with Crippen molar-refractivity contribution in [1.29, 1.82) is 0 Å². The molecule has 1 aromatic heterocycles. The number of ether oxygens (including phenoxy) is 2. The number of nitrogens with one attached hydrogen (secondary N) is 1. The minimum Gasteiger partial charge on any atom is -0.481 e. The highest BCUT2D eigenvalue weighted by atomic mass is 32.2. The van der Waals surface area contributed by atoms with Crippen LogP contribution in [0.3, 0.4) is 0 Å². The average molecular weight is 579 g/mol. The van der Waals surface area contributed by atoms with E-state index >= 15 is 0 Å². The smallest absolute Gasteiger partial charge is 0.303 e. The van der Waals surface area contributed by atoms with Crippen molar-refractivity contribution in [3.05, 3.63) is 89.5 Å². The first-order valence-corrected chi connectivity index (χ1v) is 14.9. The maximum Gasteiger partial charge on any atom is 0.303 e. The van der Waals surface area contributed by atoms with E-state index in [-0.39, 0.29) is 37.6 Å². The molecule has 0 spiro atoms. The number of amides is 1. The first kappa shape index (κ1) is 28.3. The number of para-hydroxylation sites is 1. The van der Waals surface area contributed by atoms with Gasteiger partial charge in [-0.05, 0) is 41.8 Å². The Kier molecular flexibility index (Phi) is 9.45. The van der Waals surface area contributed by atoms with Crippen molar-refractivity contribution in [3.8, 4) is 0 Å². The molecule has 3 N–H and O–H groups in total. The number of rotatable bonds is 11. The number of carboxylic acids is 1. The van der Waals surface area contributed by atoms with Gasteiger partial charge in [-0.15, -0.1) is 11.3 Å². The Hall–Kier alpha value is -3.28. The zero-order valence-corrected chi connectivity index (χ0v) is 23.3. The molecule has 1 fully saturated rings. The Bertz CT molecular complexity index is 1410. The van der Waals surface area contributed by atoms with E-state index in [1.54, 1.807) is 35.2 Å². The van der Waals surface area contributed by atoms with Gasteiger partial charge in [0.05, 0.1) is 29.0 Å². The lowest BCUT2D eigenvalue weighted by molar-refractivity contribution is -0.245. The van der Waals surface area contributed by atoms with E-state index in [1.807, 2.05) is 54.6 Å². The molecule has 4 aromatic rings. The minimum absolute atomic E-state index is 0.0125. The van der Waals surface area contributed by atoms with Crippen LogP contribution in [0.1, 0.15) is 54.8 Å². The zero-order valence-electron chi connectivity index (χ0n) is 21.7. The van der Waals surface area contributed by atoms with E-state index < -0.39 is 12.3 Å². The fourth-order valence-electron chi connectivity index (χ4n) is 4.45. The molecule has 10 heteroatoms. The molecule has 3 atom stereocenters. The number of carbonyl (C=O) groups excluding carboxylic acids is 1. The number of carbonyl (C=O) groups is 2. The molecular weight excluding hydrogens is 548 g/mol. The van der Waals surface area contributed by atoms with Gasteiger partial charge in [0.25, 0.3) is 0 Å². The molecule has 0 bridgehead atoms. The van der Waals surface area contributed by atoms with Gasteiger partial charge in [0.15, 0.2) is 10.6 Å². The van der Waals surface area contributed by atoms with Crippen LogP contribution in [0.4, 0.5) is 5.69 Å². The summed E-state index contributed by atoms with van der Waals surface area (Å²) in [7, 11) is 0. The molecule has 2 heterocycles. The van der Waals surface area contributed by atoms with Crippen LogP contribution in [0.25, 0.3) is 10.2 Å². The monoisotopic (exact) mass is 578 g/mol. The van der Waals surface area contributed by atoms with Crippen molar-refractivity contribution in [2.24, 2.45) is 0 Å². The summed E-state index contributed by atoms with van der Waals surface area (Å²) in [6, 6.07) is 23.2. The Morgan fingerprint density at radius 2 is 1.73 bits per heavy atom. The molecular formula is C30H30N2O6S2. The molecule has 1 aliphatic heterocycles. The standard InChI is InChI=1S/C30H30N2O6S2/c33-17-19-8-10-20(11-9-19)25-16-23(18-39-30-32-24-4-1-2-5-26(24)40-30)37-29(38-25)21-12-14-22(15-13-21)31-27(34)6-3-7-28(35)36/h1-2,4-5,8-15,23,25,29,33H,3,6-7,16-18H2,(H,31,34)(H,35,36). The van der Waals surface area contributed by atoms with Crippen LogP contribution in [0, 0.1) is 0 Å². The van der Waals surface area contributed by atoms with E-state index in [0.717, 1.165) is 37.0 Å². The number of aliphatic hydroxyl groups is 1. The van der Waals surface area contributed by atoms with Crippen molar-refractivity contribution < 1.29 is 29.3 Å². The zero-order chi connectivity index (χ0) is 27.9. The molecule has 1 aliphatic rings. The molecule has 1 saturated heterocycles. The second-order valence-corrected chi connectivity index (χ2v) is 11.8. The van der Waals surface area contributed by atoms with Crippen LogP contribution in [-0.2, 0) is 25.7 Å². The Labute approximate surface area is 240 Å². The number of benzene rings is 3. The van der Waals surface area contributed by atoms with Crippen LogP contribution >= 0.6 is 23.1 Å². The maximum atomic E-state index is 12.1. The molecule has 3 aromatic carbocycles. The number of hydrogen-bond acceptors (Lipinski definition) is 8. The number of hydrogen-bond donors (Lipinski definition) is 3. The van der Waals surface area contributed by atoms with Crippen molar-refractivity contribution in [2.75, 3.05) is 11.1 Å². The van der Waals surface area contributed by atoms with Gasteiger partial charge in [0, 0.05) is 36.3 Å². The Morgan fingerprint density at radius 3 is 2.45 bits per heavy atom. The van der Waals surface area contributed by atoms with Crippen molar-refractivity contribution in [1.82, 2.24) is 4.98 Å².